The molecule has 5 heteroatoms. The molecule has 1 atom stereocenters. The molecule has 1 heterocycles. The molecule has 1 aromatic carbocycles. The number of amides is 3. The maximum atomic E-state index is 12.6. The number of imide groups is 1. The lowest BCUT2D eigenvalue weighted by Gasteiger charge is -2.21. The van der Waals surface area contributed by atoms with Gasteiger partial charge < -0.3 is 0 Å². The van der Waals surface area contributed by atoms with E-state index in [4.69, 9.17) is 0 Å². The molecule has 0 saturated carbocycles. The van der Waals surface area contributed by atoms with Crippen LogP contribution in [-0.4, -0.2) is 35.2 Å². The number of hydrogen-bond acceptors (Lipinski definition) is 3. The molecule has 1 aliphatic rings. The molecule has 1 aliphatic heterocycles. The van der Waals surface area contributed by atoms with E-state index in [0.717, 1.165) is 10.5 Å². The Morgan fingerprint density at radius 1 is 1.14 bits per heavy atom. The van der Waals surface area contributed by atoms with Crippen molar-refractivity contribution in [1.29, 1.82) is 0 Å². The van der Waals surface area contributed by atoms with Crippen LogP contribution in [0.2, 0.25) is 0 Å². The third-order valence-electron chi connectivity index (χ3n) is 3.90. The molecular weight excluding hydrogens is 280 g/mol. The number of anilines is 1. The average Bonchev–Trinajstić information content (AvgIpc) is 2.63. The molecule has 1 aromatic rings. The normalized spacial score (nSPS) is 19.0. The highest BCUT2D eigenvalue weighted by atomic mass is 16.2. The minimum absolute atomic E-state index is 0.132. The Kier molecular flexibility index (Phi) is 4.09. The molecular formula is C17H22N2O3. The van der Waals surface area contributed by atoms with Gasteiger partial charge in [-0.3, -0.25) is 19.4 Å². The predicted octanol–water partition coefficient (Wildman–Crippen LogP) is 2.77. The van der Waals surface area contributed by atoms with Gasteiger partial charge in [-0.25, -0.2) is 4.79 Å². The summed E-state index contributed by atoms with van der Waals surface area (Å²) in [5.74, 6) is -0.463. The number of rotatable bonds is 3. The summed E-state index contributed by atoms with van der Waals surface area (Å²) in [5.41, 5.74) is 1.16. The van der Waals surface area contributed by atoms with Gasteiger partial charge in [0.15, 0.2) is 5.78 Å². The molecule has 118 valence electrons. The number of nitrogens with zero attached hydrogens (tertiary/aromatic N) is 2. The Morgan fingerprint density at radius 2 is 1.68 bits per heavy atom. The number of carbonyl (C=O) groups excluding carboxylic acids is 3. The van der Waals surface area contributed by atoms with Crippen LogP contribution in [0.5, 0.6) is 0 Å². The summed E-state index contributed by atoms with van der Waals surface area (Å²) in [6.45, 7) is 8.80. The van der Waals surface area contributed by atoms with E-state index in [1.165, 1.54) is 4.90 Å². The highest BCUT2D eigenvalue weighted by Crippen LogP contribution is 2.27. The molecule has 0 aliphatic carbocycles. The Labute approximate surface area is 130 Å². The molecule has 0 N–H and O–H groups in total. The van der Waals surface area contributed by atoms with Crippen molar-refractivity contribution >= 4 is 23.4 Å². The van der Waals surface area contributed by atoms with Gasteiger partial charge in [-0.15, -0.1) is 0 Å². The van der Waals surface area contributed by atoms with Crippen LogP contribution in [-0.2, 0) is 9.59 Å². The van der Waals surface area contributed by atoms with E-state index in [0.29, 0.717) is 5.69 Å². The van der Waals surface area contributed by atoms with Crippen molar-refractivity contribution < 1.29 is 14.4 Å². The van der Waals surface area contributed by atoms with Crippen LogP contribution in [0, 0.1) is 12.3 Å². The van der Waals surface area contributed by atoms with Crippen LogP contribution in [0.15, 0.2) is 24.3 Å². The summed E-state index contributed by atoms with van der Waals surface area (Å²) in [5, 5.41) is 0. The molecule has 5 nitrogen and oxygen atoms in total. The Balaban J connectivity index is 2.26. The van der Waals surface area contributed by atoms with Crippen LogP contribution in [0.4, 0.5) is 10.5 Å². The lowest BCUT2D eigenvalue weighted by Crippen LogP contribution is -2.40. The molecule has 0 radical (unpaired) electrons. The van der Waals surface area contributed by atoms with Gasteiger partial charge in [0.2, 0.25) is 0 Å². The summed E-state index contributed by atoms with van der Waals surface area (Å²) in [6.07, 6.45) is 0. The summed E-state index contributed by atoms with van der Waals surface area (Å²) >= 11 is 0. The fourth-order valence-electron chi connectivity index (χ4n) is 2.29. The van der Waals surface area contributed by atoms with Gasteiger partial charge in [0.1, 0.15) is 6.04 Å². The van der Waals surface area contributed by atoms with E-state index in [2.05, 4.69) is 0 Å². The van der Waals surface area contributed by atoms with E-state index in [-0.39, 0.29) is 18.2 Å². The van der Waals surface area contributed by atoms with Gasteiger partial charge in [-0.1, -0.05) is 38.5 Å². The molecule has 22 heavy (non-hydrogen) atoms. The second-order valence-electron chi connectivity index (χ2n) is 6.76. The first kappa shape index (κ1) is 16.2. The monoisotopic (exact) mass is 302 g/mol. The fraction of sp³-hybridized carbons (Fsp3) is 0.471. The minimum Gasteiger partial charge on any atom is -0.297 e. The first-order chi connectivity index (χ1) is 10.1. The van der Waals surface area contributed by atoms with Gasteiger partial charge in [-0.05, 0) is 26.0 Å². The standard InChI is InChI=1S/C17H22N2O3/c1-11-6-8-13(9-7-11)19-12(2)15(21)18(16(19)22)10-14(20)17(3,4)5/h6-9,12H,10H2,1-5H3. The largest absolute Gasteiger partial charge is 0.332 e. The lowest BCUT2D eigenvalue weighted by molar-refractivity contribution is -0.134. The highest BCUT2D eigenvalue weighted by molar-refractivity contribution is 6.15. The Bertz CT molecular complexity index is 614. The number of Topliss-reactive ketones (excluding diaryl/α,β-unsaturated/α-hetero) is 1. The molecule has 0 aromatic heterocycles. The summed E-state index contributed by atoms with van der Waals surface area (Å²) < 4.78 is 0. The molecule has 1 fully saturated rings. The van der Waals surface area contributed by atoms with Crippen LogP contribution in [0.1, 0.15) is 33.3 Å². The Morgan fingerprint density at radius 3 is 2.18 bits per heavy atom. The second-order valence-corrected chi connectivity index (χ2v) is 6.76. The van der Waals surface area contributed by atoms with E-state index in [9.17, 15) is 14.4 Å². The van der Waals surface area contributed by atoms with E-state index >= 15 is 0 Å². The molecule has 1 saturated heterocycles. The quantitative estimate of drug-likeness (QED) is 0.807. The van der Waals surface area contributed by atoms with Gasteiger partial charge in [0, 0.05) is 11.1 Å². The van der Waals surface area contributed by atoms with Gasteiger partial charge in [-0.2, -0.15) is 0 Å². The smallest absolute Gasteiger partial charge is 0.297 e. The zero-order chi connectivity index (χ0) is 16.7. The van der Waals surface area contributed by atoms with Crippen molar-refractivity contribution in [2.24, 2.45) is 5.41 Å². The van der Waals surface area contributed by atoms with E-state index in [1.807, 2.05) is 31.2 Å². The van der Waals surface area contributed by atoms with Crippen molar-refractivity contribution in [3.63, 3.8) is 0 Å². The molecule has 3 amide bonds. The minimum atomic E-state index is -0.594. The van der Waals surface area contributed by atoms with Crippen molar-refractivity contribution in [1.82, 2.24) is 4.90 Å². The zero-order valence-corrected chi connectivity index (χ0v) is 13.7. The van der Waals surface area contributed by atoms with Crippen molar-refractivity contribution in [2.45, 2.75) is 40.7 Å². The van der Waals surface area contributed by atoms with Crippen molar-refractivity contribution in [3.05, 3.63) is 29.8 Å². The van der Waals surface area contributed by atoms with Crippen LogP contribution < -0.4 is 4.90 Å². The average molecular weight is 302 g/mol. The van der Waals surface area contributed by atoms with Crippen LogP contribution in [0.25, 0.3) is 0 Å². The third kappa shape index (κ3) is 2.89. The Hall–Kier alpha value is -2.17. The van der Waals surface area contributed by atoms with Crippen LogP contribution >= 0.6 is 0 Å². The highest BCUT2D eigenvalue weighted by Gasteiger charge is 2.44. The van der Waals surface area contributed by atoms with Gasteiger partial charge in [0.25, 0.3) is 5.91 Å². The zero-order valence-electron chi connectivity index (χ0n) is 13.7. The number of hydrogen-bond donors (Lipinski definition) is 0. The summed E-state index contributed by atoms with van der Waals surface area (Å²) in [6, 6.07) is 6.38. The van der Waals surface area contributed by atoms with Crippen LogP contribution in [0.3, 0.4) is 0 Å². The van der Waals surface area contributed by atoms with Gasteiger partial charge in [0.05, 0.1) is 6.54 Å². The molecule has 1 unspecified atom stereocenters. The first-order valence-corrected chi connectivity index (χ1v) is 7.37. The third-order valence-corrected chi connectivity index (χ3v) is 3.90. The number of benzene rings is 1. The SMILES string of the molecule is Cc1ccc(N2C(=O)N(CC(=O)C(C)(C)C)C(=O)C2C)cc1. The van der Waals surface area contributed by atoms with Crippen molar-refractivity contribution in [2.75, 3.05) is 11.4 Å². The number of aryl methyl sites for hydroxylation is 1. The van der Waals surface area contributed by atoms with Gasteiger partial charge >= 0.3 is 6.03 Å². The van der Waals surface area contributed by atoms with E-state index in [1.54, 1.807) is 27.7 Å². The van der Waals surface area contributed by atoms with Crippen molar-refractivity contribution in [3.8, 4) is 0 Å². The maximum Gasteiger partial charge on any atom is 0.332 e. The lowest BCUT2D eigenvalue weighted by atomic mass is 9.90. The number of carbonyl (C=O) groups is 3. The second kappa shape index (κ2) is 5.55. The molecule has 0 bridgehead atoms. The fourth-order valence-corrected chi connectivity index (χ4v) is 2.29. The predicted molar refractivity (Wildman–Crippen MR) is 84.7 cm³/mol. The topological polar surface area (TPSA) is 57.7 Å². The van der Waals surface area contributed by atoms with E-state index < -0.39 is 17.5 Å². The summed E-state index contributed by atoms with van der Waals surface area (Å²) in [4.78, 5) is 39.5. The molecule has 2 rings (SSSR count). The molecule has 0 spiro atoms. The number of ketones is 1. The maximum absolute atomic E-state index is 12.6. The number of urea groups is 1. The first-order valence-electron chi connectivity index (χ1n) is 7.37. The summed E-state index contributed by atoms with van der Waals surface area (Å²) in [7, 11) is 0.